The summed E-state index contributed by atoms with van der Waals surface area (Å²) in [5.74, 6) is 1.72. The van der Waals surface area contributed by atoms with Crippen LogP contribution in [0.5, 0.6) is 5.75 Å². The summed E-state index contributed by atoms with van der Waals surface area (Å²) in [6.07, 6.45) is 1.90. The van der Waals surface area contributed by atoms with Crippen LogP contribution in [0.2, 0.25) is 0 Å². The molecular weight excluding hydrogens is 350 g/mol. The van der Waals surface area contributed by atoms with E-state index in [0.717, 1.165) is 48.9 Å². The number of guanidine groups is 1. The van der Waals surface area contributed by atoms with Gasteiger partial charge in [-0.15, -0.1) is 0 Å². The first kappa shape index (κ1) is 21.8. The average Bonchev–Trinajstić information content (AvgIpc) is 3.00. The third-order valence-corrected chi connectivity index (χ3v) is 4.73. The standard InChI is InChI=1S/C22H35N5O/c1-7-19-18(20(8-2)27(6)26-19)15-25-22(23-9-3)24-14-17-12-11-16(5)13-21(17)28-10-4/h11-13H,7-10,14-15H2,1-6H3,(H2,23,24,25). The van der Waals surface area contributed by atoms with Crippen LogP contribution in [0.1, 0.15) is 55.8 Å². The van der Waals surface area contributed by atoms with Crippen molar-refractivity contribution in [3.8, 4) is 5.75 Å². The molecule has 0 unspecified atom stereocenters. The zero-order chi connectivity index (χ0) is 20.5. The van der Waals surface area contributed by atoms with Crippen LogP contribution in [-0.2, 0) is 33.0 Å². The lowest BCUT2D eigenvalue weighted by atomic mass is 10.1. The first-order valence-corrected chi connectivity index (χ1v) is 10.3. The fourth-order valence-electron chi connectivity index (χ4n) is 3.35. The van der Waals surface area contributed by atoms with E-state index in [9.17, 15) is 0 Å². The Hall–Kier alpha value is -2.50. The van der Waals surface area contributed by atoms with Crippen LogP contribution < -0.4 is 15.4 Å². The molecule has 6 nitrogen and oxygen atoms in total. The molecule has 154 valence electrons. The van der Waals surface area contributed by atoms with E-state index in [1.165, 1.54) is 16.8 Å². The topological polar surface area (TPSA) is 63.5 Å². The molecule has 1 aromatic carbocycles. The predicted octanol–water partition coefficient (Wildman–Crippen LogP) is 3.51. The number of hydrogen-bond donors (Lipinski definition) is 2. The second-order valence-electron chi connectivity index (χ2n) is 6.80. The molecule has 0 bridgehead atoms. The molecule has 0 amide bonds. The van der Waals surface area contributed by atoms with Gasteiger partial charge in [0.15, 0.2) is 5.96 Å². The minimum atomic E-state index is 0.569. The summed E-state index contributed by atoms with van der Waals surface area (Å²) in [4.78, 5) is 4.78. The Morgan fingerprint density at radius 2 is 1.93 bits per heavy atom. The van der Waals surface area contributed by atoms with Crippen molar-refractivity contribution in [3.63, 3.8) is 0 Å². The number of rotatable bonds is 9. The van der Waals surface area contributed by atoms with Crippen molar-refractivity contribution < 1.29 is 4.74 Å². The van der Waals surface area contributed by atoms with E-state index in [1.807, 2.05) is 18.7 Å². The molecule has 2 N–H and O–H groups in total. The number of aromatic nitrogens is 2. The van der Waals surface area contributed by atoms with Gasteiger partial charge in [0.2, 0.25) is 0 Å². The lowest BCUT2D eigenvalue weighted by molar-refractivity contribution is 0.336. The second kappa shape index (κ2) is 10.7. The molecule has 6 heteroatoms. The van der Waals surface area contributed by atoms with E-state index >= 15 is 0 Å². The van der Waals surface area contributed by atoms with Crippen molar-refractivity contribution in [1.29, 1.82) is 0 Å². The Bertz CT molecular complexity index is 794. The highest BCUT2D eigenvalue weighted by atomic mass is 16.5. The van der Waals surface area contributed by atoms with Gasteiger partial charge in [-0.05, 0) is 45.2 Å². The highest BCUT2D eigenvalue weighted by molar-refractivity contribution is 5.79. The van der Waals surface area contributed by atoms with Gasteiger partial charge in [-0.2, -0.15) is 5.10 Å². The molecule has 0 atom stereocenters. The number of nitrogens with zero attached hydrogens (tertiary/aromatic N) is 3. The first-order valence-electron chi connectivity index (χ1n) is 10.3. The van der Waals surface area contributed by atoms with Gasteiger partial charge >= 0.3 is 0 Å². The van der Waals surface area contributed by atoms with Crippen LogP contribution in [0.25, 0.3) is 0 Å². The summed E-state index contributed by atoms with van der Waals surface area (Å²) < 4.78 is 7.78. The quantitative estimate of drug-likeness (QED) is 0.512. The SMILES string of the molecule is CCNC(=NCc1ccc(C)cc1OCC)NCc1c(CC)nn(C)c1CC. The van der Waals surface area contributed by atoms with Crippen LogP contribution in [0.4, 0.5) is 0 Å². The van der Waals surface area contributed by atoms with Gasteiger partial charge in [0.25, 0.3) is 0 Å². The fraction of sp³-hybridized carbons (Fsp3) is 0.545. The summed E-state index contributed by atoms with van der Waals surface area (Å²) in [6, 6.07) is 6.27. The van der Waals surface area contributed by atoms with Crippen molar-refractivity contribution >= 4 is 5.96 Å². The zero-order valence-electron chi connectivity index (χ0n) is 18.2. The maximum absolute atomic E-state index is 5.78. The van der Waals surface area contributed by atoms with E-state index in [-0.39, 0.29) is 0 Å². The third kappa shape index (κ3) is 5.50. The lowest BCUT2D eigenvalue weighted by Crippen LogP contribution is -2.37. The average molecular weight is 386 g/mol. The molecule has 0 radical (unpaired) electrons. The maximum Gasteiger partial charge on any atom is 0.191 e. The van der Waals surface area contributed by atoms with Gasteiger partial charge in [0.1, 0.15) is 5.75 Å². The van der Waals surface area contributed by atoms with Gasteiger partial charge in [0.05, 0.1) is 18.8 Å². The molecule has 2 aromatic rings. The third-order valence-electron chi connectivity index (χ3n) is 4.73. The number of ether oxygens (including phenoxy) is 1. The fourth-order valence-corrected chi connectivity index (χ4v) is 3.35. The van der Waals surface area contributed by atoms with E-state index in [1.54, 1.807) is 0 Å². The highest BCUT2D eigenvalue weighted by Gasteiger charge is 2.14. The van der Waals surface area contributed by atoms with Crippen molar-refractivity contribution in [2.75, 3.05) is 13.2 Å². The Morgan fingerprint density at radius 3 is 2.57 bits per heavy atom. The molecule has 2 rings (SSSR count). The van der Waals surface area contributed by atoms with Gasteiger partial charge in [-0.3, -0.25) is 4.68 Å². The van der Waals surface area contributed by atoms with Gasteiger partial charge in [-0.1, -0.05) is 26.0 Å². The Morgan fingerprint density at radius 1 is 1.14 bits per heavy atom. The van der Waals surface area contributed by atoms with Gasteiger partial charge in [-0.25, -0.2) is 4.99 Å². The minimum Gasteiger partial charge on any atom is -0.494 e. The summed E-state index contributed by atoms with van der Waals surface area (Å²) in [5.41, 5.74) is 5.99. The largest absolute Gasteiger partial charge is 0.494 e. The molecule has 1 aromatic heterocycles. The first-order chi connectivity index (χ1) is 13.5. The number of benzene rings is 1. The number of aryl methyl sites for hydroxylation is 3. The molecule has 1 heterocycles. The summed E-state index contributed by atoms with van der Waals surface area (Å²) >= 11 is 0. The molecule has 0 aliphatic rings. The molecule has 0 spiro atoms. The van der Waals surface area contributed by atoms with Crippen molar-refractivity contribution in [3.05, 3.63) is 46.3 Å². The van der Waals surface area contributed by atoms with E-state index in [2.05, 4.69) is 61.6 Å². The molecule has 28 heavy (non-hydrogen) atoms. The Kier molecular flexibility index (Phi) is 8.36. The van der Waals surface area contributed by atoms with Gasteiger partial charge in [0, 0.05) is 37.0 Å². The van der Waals surface area contributed by atoms with Crippen LogP contribution >= 0.6 is 0 Å². The monoisotopic (exact) mass is 385 g/mol. The minimum absolute atomic E-state index is 0.569. The maximum atomic E-state index is 5.78. The second-order valence-corrected chi connectivity index (χ2v) is 6.80. The summed E-state index contributed by atoms with van der Waals surface area (Å²) in [7, 11) is 2.02. The van der Waals surface area contributed by atoms with Crippen LogP contribution in [0.3, 0.4) is 0 Å². The molecule has 0 saturated carbocycles. The van der Waals surface area contributed by atoms with Crippen molar-refractivity contribution in [2.24, 2.45) is 12.0 Å². The van der Waals surface area contributed by atoms with Crippen molar-refractivity contribution in [1.82, 2.24) is 20.4 Å². The lowest BCUT2D eigenvalue weighted by Gasteiger charge is -2.14. The van der Waals surface area contributed by atoms with E-state index in [0.29, 0.717) is 13.2 Å². The number of hydrogen-bond acceptors (Lipinski definition) is 3. The Balaban J connectivity index is 2.16. The molecule has 0 saturated heterocycles. The normalized spacial score (nSPS) is 11.6. The summed E-state index contributed by atoms with van der Waals surface area (Å²) in [6.45, 7) is 13.2. The smallest absolute Gasteiger partial charge is 0.191 e. The van der Waals surface area contributed by atoms with Gasteiger partial charge < -0.3 is 15.4 Å². The number of nitrogens with one attached hydrogen (secondary N) is 2. The Labute approximate surface area is 169 Å². The zero-order valence-corrected chi connectivity index (χ0v) is 18.2. The summed E-state index contributed by atoms with van der Waals surface area (Å²) in [5, 5.41) is 11.5. The molecule has 0 aliphatic heterocycles. The van der Waals surface area contributed by atoms with E-state index in [4.69, 9.17) is 9.73 Å². The van der Waals surface area contributed by atoms with Crippen LogP contribution in [-0.4, -0.2) is 28.9 Å². The van der Waals surface area contributed by atoms with Crippen LogP contribution in [0.15, 0.2) is 23.2 Å². The molecule has 0 fully saturated rings. The van der Waals surface area contributed by atoms with Crippen molar-refractivity contribution in [2.45, 2.75) is 60.5 Å². The highest BCUT2D eigenvalue weighted by Crippen LogP contribution is 2.21. The van der Waals surface area contributed by atoms with E-state index < -0.39 is 0 Å². The molecular formula is C22H35N5O. The molecule has 0 aliphatic carbocycles. The predicted molar refractivity (Wildman–Crippen MR) is 116 cm³/mol. The van der Waals surface area contributed by atoms with Crippen LogP contribution in [0, 0.1) is 6.92 Å². The number of aliphatic imine (C=N–C) groups is 1.